The van der Waals surface area contributed by atoms with Crippen molar-refractivity contribution in [2.75, 3.05) is 45.8 Å². The van der Waals surface area contributed by atoms with Crippen molar-refractivity contribution in [2.24, 2.45) is 0 Å². The van der Waals surface area contributed by atoms with Crippen LogP contribution in [0, 0.1) is 0 Å². The molecule has 1 amide bonds. The molecule has 30 heavy (non-hydrogen) atoms. The van der Waals surface area contributed by atoms with Crippen LogP contribution in [0.5, 0.6) is 23.0 Å². The van der Waals surface area contributed by atoms with Gasteiger partial charge in [-0.25, -0.2) is 0 Å². The van der Waals surface area contributed by atoms with E-state index in [0.29, 0.717) is 36.9 Å². The summed E-state index contributed by atoms with van der Waals surface area (Å²) >= 11 is 0. The number of carbonyl (C=O) groups excluding carboxylic acids is 1. The van der Waals surface area contributed by atoms with Crippen LogP contribution in [-0.2, 0) is 4.79 Å². The van der Waals surface area contributed by atoms with Gasteiger partial charge in [-0.3, -0.25) is 4.79 Å². The summed E-state index contributed by atoms with van der Waals surface area (Å²) in [7, 11) is 3.19. The van der Waals surface area contributed by atoms with Crippen LogP contribution >= 0.6 is 0 Å². The zero-order chi connectivity index (χ0) is 20.9. The first-order chi connectivity index (χ1) is 14.7. The summed E-state index contributed by atoms with van der Waals surface area (Å²) in [4.78, 5) is 14.1. The number of amides is 1. The van der Waals surface area contributed by atoms with Gasteiger partial charge < -0.3 is 29.2 Å². The lowest BCUT2D eigenvalue weighted by Gasteiger charge is -2.22. The molecule has 160 valence electrons. The number of carbonyl (C=O) groups is 1. The fourth-order valence-electron chi connectivity index (χ4n) is 4.23. The molecule has 2 aromatic rings. The highest BCUT2D eigenvalue weighted by atomic mass is 16.5. The molecule has 0 radical (unpaired) electrons. The molecule has 0 aliphatic carbocycles. The lowest BCUT2D eigenvalue weighted by atomic mass is 10.0. The third-order valence-corrected chi connectivity index (χ3v) is 5.73. The smallest absolute Gasteiger partial charge is 0.279 e. The topological polar surface area (TPSA) is 70.5 Å². The molecule has 2 aromatic carbocycles. The minimum absolute atomic E-state index is 0.0437. The van der Waals surface area contributed by atoms with E-state index in [1.165, 1.54) is 10.5 Å². The summed E-state index contributed by atoms with van der Waals surface area (Å²) < 4.78 is 22.2. The molecule has 2 atom stereocenters. The number of methoxy groups -OCH3 is 2. The summed E-state index contributed by atoms with van der Waals surface area (Å²) in [6.07, 6.45) is 3.02. The summed E-state index contributed by atoms with van der Waals surface area (Å²) in [5, 5.41) is 2.98. The maximum Gasteiger partial charge on any atom is 0.279 e. The normalized spacial score (nSPS) is 20.3. The fraction of sp³-hybridized carbons (Fsp3) is 0.435. The first kappa shape index (κ1) is 20.3. The van der Waals surface area contributed by atoms with Crippen LogP contribution in [0.3, 0.4) is 0 Å². The second-order valence-corrected chi connectivity index (χ2v) is 7.65. The summed E-state index contributed by atoms with van der Waals surface area (Å²) in [6, 6.07) is 11.8. The van der Waals surface area contributed by atoms with Gasteiger partial charge in [-0.05, 0) is 30.3 Å². The zero-order valence-electron chi connectivity index (χ0n) is 17.5. The zero-order valence-corrected chi connectivity index (χ0v) is 17.5. The van der Waals surface area contributed by atoms with Gasteiger partial charge >= 0.3 is 0 Å². The average molecular weight is 413 g/mol. The van der Waals surface area contributed by atoms with E-state index in [0.717, 1.165) is 37.3 Å². The molecule has 1 saturated heterocycles. The molecule has 0 aromatic heterocycles. The van der Waals surface area contributed by atoms with E-state index >= 15 is 0 Å². The first-order valence-electron chi connectivity index (χ1n) is 10.4. The van der Waals surface area contributed by atoms with Crippen molar-refractivity contribution < 1.29 is 28.6 Å². The molecule has 2 aliphatic rings. The van der Waals surface area contributed by atoms with E-state index in [-0.39, 0.29) is 11.9 Å². The van der Waals surface area contributed by atoms with Gasteiger partial charge in [0.05, 0.1) is 39.7 Å². The molecule has 7 nitrogen and oxygen atoms in total. The van der Waals surface area contributed by atoms with Gasteiger partial charge in [-0.15, -0.1) is 0 Å². The largest absolute Gasteiger partial charge is 0.497 e. The number of hydrogen-bond donors (Lipinski definition) is 2. The molecular weight excluding hydrogens is 384 g/mol. The van der Waals surface area contributed by atoms with E-state index in [2.05, 4.69) is 17.4 Å². The third-order valence-electron chi connectivity index (χ3n) is 5.73. The molecular formula is C23H29N2O5+. The second kappa shape index (κ2) is 9.26. The highest BCUT2D eigenvalue weighted by Crippen LogP contribution is 2.33. The van der Waals surface area contributed by atoms with Crippen molar-refractivity contribution in [1.29, 1.82) is 0 Å². The lowest BCUT2D eigenvalue weighted by Crippen LogP contribution is -3.11. The Labute approximate surface area is 176 Å². The van der Waals surface area contributed by atoms with E-state index in [9.17, 15) is 4.79 Å². The Bertz CT molecular complexity index is 901. The minimum Gasteiger partial charge on any atom is -0.497 e. The number of anilines is 1. The minimum atomic E-state index is -0.0437. The van der Waals surface area contributed by atoms with Gasteiger partial charge in [-0.2, -0.15) is 0 Å². The van der Waals surface area contributed by atoms with Crippen molar-refractivity contribution in [1.82, 2.24) is 0 Å². The van der Waals surface area contributed by atoms with Gasteiger partial charge in [0.2, 0.25) is 0 Å². The van der Waals surface area contributed by atoms with Crippen LogP contribution in [0.4, 0.5) is 5.69 Å². The van der Waals surface area contributed by atoms with E-state index < -0.39 is 0 Å². The number of fused-ring (bicyclic) bond motifs is 1. The molecule has 0 saturated carbocycles. The van der Waals surface area contributed by atoms with Gasteiger partial charge in [0.15, 0.2) is 18.0 Å². The number of nitrogens with one attached hydrogen (secondary N) is 2. The quantitative estimate of drug-likeness (QED) is 0.760. The maximum absolute atomic E-state index is 12.8. The number of quaternary nitrogens is 1. The van der Waals surface area contributed by atoms with E-state index in [4.69, 9.17) is 18.9 Å². The predicted molar refractivity (Wildman–Crippen MR) is 113 cm³/mol. The number of likely N-dealkylation sites (tertiary alicyclic amines) is 1. The van der Waals surface area contributed by atoms with Crippen LogP contribution in [0.1, 0.15) is 30.9 Å². The molecule has 2 N–H and O–H groups in total. The molecule has 0 bridgehead atoms. The number of benzene rings is 2. The number of hydrogen-bond acceptors (Lipinski definition) is 5. The van der Waals surface area contributed by atoms with Crippen LogP contribution in [0.15, 0.2) is 36.4 Å². The molecule has 7 heteroatoms. The van der Waals surface area contributed by atoms with Gasteiger partial charge in [0, 0.05) is 30.9 Å². The molecule has 1 unspecified atom stereocenters. The predicted octanol–water partition coefficient (Wildman–Crippen LogP) is 2.22. The Morgan fingerprint density at radius 3 is 2.70 bits per heavy atom. The highest BCUT2D eigenvalue weighted by molar-refractivity contribution is 5.93. The number of ether oxygens (including phenoxy) is 4. The van der Waals surface area contributed by atoms with Crippen LogP contribution < -0.4 is 29.2 Å². The maximum atomic E-state index is 12.8. The highest BCUT2D eigenvalue weighted by Gasteiger charge is 2.32. The van der Waals surface area contributed by atoms with Gasteiger partial charge in [0.25, 0.3) is 5.91 Å². The molecule has 4 rings (SSSR count). The lowest BCUT2D eigenvalue weighted by molar-refractivity contribution is -0.910. The van der Waals surface area contributed by atoms with Crippen molar-refractivity contribution in [3.63, 3.8) is 0 Å². The Kier molecular flexibility index (Phi) is 6.28. The molecule has 2 aliphatic heterocycles. The second-order valence-electron chi connectivity index (χ2n) is 7.65. The SMILES string of the molecule is COc1ccc(OC)c(NC(=O)C[NH+]2CCC[C@@H]2c2ccc3c(c2)OCCCO3)c1. The Hall–Kier alpha value is -2.93. The fourth-order valence-corrected chi connectivity index (χ4v) is 4.23. The standard InChI is InChI=1S/C23H28N2O5/c1-27-17-7-9-20(28-2)18(14-17)24-23(26)15-25-10-3-5-19(25)16-6-8-21-22(13-16)30-12-4-11-29-21/h6-9,13-14,19H,3-5,10-12,15H2,1-2H3,(H,24,26)/p+1/t19-/m1/s1. The Morgan fingerprint density at radius 1 is 1.07 bits per heavy atom. The van der Waals surface area contributed by atoms with E-state index in [1.54, 1.807) is 32.4 Å². The summed E-state index contributed by atoms with van der Waals surface area (Å²) in [6.45, 7) is 2.70. The van der Waals surface area contributed by atoms with Crippen LogP contribution in [-0.4, -0.2) is 46.4 Å². The molecule has 2 heterocycles. The van der Waals surface area contributed by atoms with E-state index in [1.807, 2.05) is 6.07 Å². The van der Waals surface area contributed by atoms with Gasteiger partial charge in [0.1, 0.15) is 17.5 Å². The monoisotopic (exact) mass is 413 g/mol. The van der Waals surface area contributed by atoms with Crippen LogP contribution in [0.2, 0.25) is 0 Å². The van der Waals surface area contributed by atoms with Crippen molar-refractivity contribution in [3.05, 3.63) is 42.0 Å². The van der Waals surface area contributed by atoms with Crippen molar-refractivity contribution >= 4 is 11.6 Å². The summed E-state index contributed by atoms with van der Waals surface area (Å²) in [5.41, 5.74) is 1.81. The Balaban J connectivity index is 1.46. The summed E-state index contributed by atoms with van der Waals surface area (Å²) in [5.74, 6) is 2.85. The average Bonchev–Trinajstić information content (AvgIpc) is 3.08. The molecule has 1 fully saturated rings. The van der Waals surface area contributed by atoms with Crippen molar-refractivity contribution in [3.8, 4) is 23.0 Å². The first-order valence-corrected chi connectivity index (χ1v) is 10.4. The Morgan fingerprint density at radius 2 is 1.90 bits per heavy atom. The number of rotatable bonds is 6. The third kappa shape index (κ3) is 4.46. The van der Waals surface area contributed by atoms with Crippen LogP contribution in [0.25, 0.3) is 0 Å². The van der Waals surface area contributed by atoms with Crippen molar-refractivity contribution in [2.45, 2.75) is 25.3 Å². The molecule has 0 spiro atoms. The van der Waals surface area contributed by atoms with Gasteiger partial charge in [-0.1, -0.05) is 0 Å².